The van der Waals surface area contributed by atoms with Crippen molar-refractivity contribution in [2.75, 3.05) is 0 Å². The molecule has 8 rings (SSSR count). The summed E-state index contributed by atoms with van der Waals surface area (Å²) in [6.45, 7) is 13.7. The zero-order valence-electron chi connectivity index (χ0n) is 36.2. The van der Waals surface area contributed by atoms with Crippen molar-refractivity contribution >= 4 is 11.9 Å². The van der Waals surface area contributed by atoms with Crippen molar-refractivity contribution in [1.29, 1.82) is 0 Å². The lowest BCUT2D eigenvalue weighted by Gasteiger charge is -2.63. The maximum absolute atomic E-state index is 11.5. The van der Waals surface area contributed by atoms with Crippen LogP contribution >= 0.6 is 0 Å². The number of fused-ring (bicyclic) bond motifs is 10. The number of aliphatic carboxylic acids is 2. The molecular formula is C48H80O9. The fourth-order valence-electron chi connectivity index (χ4n) is 17.4. The van der Waals surface area contributed by atoms with Crippen LogP contribution < -0.4 is 0 Å². The van der Waals surface area contributed by atoms with Crippen molar-refractivity contribution in [2.24, 2.45) is 92.7 Å². The Morgan fingerprint density at radius 3 is 1.56 bits per heavy atom. The molecule has 0 heterocycles. The number of carbonyl (C=O) groups is 2. The lowest BCUT2D eigenvalue weighted by molar-refractivity contribution is -0.207. The standard InChI is InChI=1S/C24H40O5.C24H40O4/c1-13(4-7-21(28)29)16-5-6-17-22-18(12-20(27)24(16,17)3)23(2)9-8-15(25)10-14(23)11-19(22)26;1-14(4-9-22(27)28)18-7-8-19-17-6-5-15-12-16(25)10-11-23(15,2)20(17)13-21(26)24(18,19)3/h13-20,22,25-27H,4-12H2,1-3H3,(H,28,29);14-21,25-26H,4-13H2,1-3H3,(H,27,28)/t13-,14+,15-,16-,17+,18+,19-,20+,22+,23+,24-;14-,15-,16-,17+,18-,19+,20+,21+,23+,24-/m11/s1. The summed E-state index contributed by atoms with van der Waals surface area (Å²) in [6.07, 6.45) is 15.3. The highest BCUT2D eigenvalue weighted by molar-refractivity contribution is 5.66. The summed E-state index contributed by atoms with van der Waals surface area (Å²) in [5, 5.41) is 72.8. The van der Waals surface area contributed by atoms with E-state index in [4.69, 9.17) is 10.2 Å². The summed E-state index contributed by atoms with van der Waals surface area (Å²) in [6, 6.07) is 0. The van der Waals surface area contributed by atoms with Gasteiger partial charge in [-0.05, 0) is 202 Å². The second-order valence-electron chi connectivity index (χ2n) is 22.7. The molecule has 326 valence electrons. The molecule has 9 nitrogen and oxygen atoms in total. The molecule has 57 heavy (non-hydrogen) atoms. The molecule has 0 radical (unpaired) electrons. The molecule has 0 aromatic heterocycles. The maximum Gasteiger partial charge on any atom is 0.303 e. The van der Waals surface area contributed by atoms with Crippen molar-refractivity contribution in [3.05, 3.63) is 0 Å². The van der Waals surface area contributed by atoms with Crippen LogP contribution in [0.2, 0.25) is 0 Å². The van der Waals surface area contributed by atoms with Crippen LogP contribution in [0.5, 0.6) is 0 Å². The number of aliphatic hydroxyl groups excluding tert-OH is 5. The first-order valence-corrected chi connectivity index (χ1v) is 23.6. The van der Waals surface area contributed by atoms with Gasteiger partial charge in [0.15, 0.2) is 0 Å². The third kappa shape index (κ3) is 7.37. The Hall–Kier alpha value is -1.26. The van der Waals surface area contributed by atoms with Crippen LogP contribution in [0.1, 0.15) is 164 Å². The van der Waals surface area contributed by atoms with Crippen LogP contribution in [0, 0.1) is 92.7 Å². The number of hydrogen-bond acceptors (Lipinski definition) is 7. The zero-order valence-corrected chi connectivity index (χ0v) is 36.2. The topological polar surface area (TPSA) is 176 Å². The van der Waals surface area contributed by atoms with Gasteiger partial charge in [0.1, 0.15) is 0 Å². The van der Waals surface area contributed by atoms with Crippen LogP contribution in [0.25, 0.3) is 0 Å². The van der Waals surface area contributed by atoms with Crippen molar-refractivity contribution in [2.45, 2.75) is 194 Å². The largest absolute Gasteiger partial charge is 0.481 e. The van der Waals surface area contributed by atoms with Crippen molar-refractivity contribution in [3.8, 4) is 0 Å². The van der Waals surface area contributed by atoms with Gasteiger partial charge in [-0.3, -0.25) is 9.59 Å². The Bertz CT molecular complexity index is 1450. The smallest absolute Gasteiger partial charge is 0.303 e. The molecule has 0 aromatic carbocycles. The Morgan fingerprint density at radius 2 is 1.02 bits per heavy atom. The van der Waals surface area contributed by atoms with E-state index in [0.29, 0.717) is 65.6 Å². The zero-order chi connectivity index (χ0) is 41.4. The van der Waals surface area contributed by atoms with Crippen molar-refractivity contribution in [1.82, 2.24) is 0 Å². The van der Waals surface area contributed by atoms with E-state index in [2.05, 4.69) is 41.5 Å². The molecule has 0 aliphatic heterocycles. The highest BCUT2D eigenvalue weighted by Gasteiger charge is 2.66. The average molecular weight is 801 g/mol. The van der Waals surface area contributed by atoms with Crippen LogP contribution in [-0.2, 0) is 9.59 Å². The molecule has 0 spiro atoms. The first kappa shape index (κ1) is 43.8. The number of aliphatic hydroxyl groups is 5. The summed E-state index contributed by atoms with van der Waals surface area (Å²) < 4.78 is 0. The third-order valence-corrected chi connectivity index (χ3v) is 20.7. The molecule has 9 heteroatoms. The summed E-state index contributed by atoms with van der Waals surface area (Å²) in [5.41, 5.74) is 0.0732. The monoisotopic (exact) mass is 801 g/mol. The van der Waals surface area contributed by atoms with Gasteiger partial charge >= 0.3 is 11.9 Å². The molecule has 8 fully saturated rings. The minimum Gasteiger partial charge on any atom is -0.481 e. The number of carboxylic acid groups (broad SMARTS) is 2. The van der Waals surface area contributed by atoms with E-state index in [1.165, 1.54) is 19.3 Å². The lowest BCUT2D eigenvalue weighted by atomic mass is 9.43. The van der Waals surface area contributed by atoms with E-state index in [1.807, 2.05) is 0 Å². The van der Waals surface area contributed by atoms with Gasteiger partial charge in [-0.25, -0.2) is 0 Å². The van der Waals surface area contributed by atoms with E-state index in [9.17, 15) is 35.1 Å². The molecule has 21 atom stereocenters. The van der Waals surface area contributed by atoms with E-state index in [1.54, 1.807) is 0 Å². The molecule has 0 saturated heterocycles. The summed E-state index contributed by atoms with van der Waals surface area (Å²) >= 11 is 0. The Kier molecular flexibility index (Phi) is 12.5. The van der Waals surface area contributed by atoms with Crippen molar-refractivity contribution < 1.29 is 45.3 Å². The minimum atomic E-state index is -0.748. The van der Waals surface area contributed by atoms with Gasteiger partial charge in [-0.15, -0.1) is 0 Å². The third-order valence-electron chi connectivity index (χ3n) is 20.7. The van der Waals surface area contributed by atoms with E-state index < -0.39 is 18.0 Å². The lowest BCUT2D eigenvalue weighted by Crippen LogP contribution is -2.62. The number of hydrogen-bond donors (Lipinski definition) is 7. The van der Waals surface area contributed by atoms with Crippen LogP contribution in [0.4, 0.5) is 0 Å². The summed E-state index contributed by atoms with van der Waals surface area (Å²) in [4.78, 5) is 22.1. The van der Waals surface area contributed by atoms with Gasteiger partial charge in [0, 0.05) is 12.8 Å². The highest BCUT2D eigenvalue weighted by atomic mass is 16.4. The first-order chi connectivity index (χ1) is 26.8. The predicted octanol–water partition coefficient (Wildman–Crippen LogP) is 7.93. The van der Waals surface area contributed by atoms with Crippen molar-refractivity contribution in [3.63, 3.8) is 0 Å². The second-order valence-corrected chi connectivity index (χ2v) is 22.7. The fourth-order valence-corrected chi connectivity index (χ4v) is 17.4. The Labute approximate surface area is 343 Å². The van der Waals surface area contributed by atoms with Gasteiger partial charge in [0.05, 0.1) is 30.5 Å². The second kappa shape index (κ2) is 16.2. The highest BCUT2D eigenvalue weighted by Crippen LogP contribution is 2.70. The average Bonchev–Trinajstić information content (AvgIpc) is 3.70. The minimum absolute atomic E-state index is 0.0591. The molecule has 0 unspecified atom stereocenters. The van der Waals surface area contributed by atoms with E-state index >= 15 is 0 Å². The molecule has 8 aliphatic rings. The molecule has 8 aliphatic carbocycles. The first-order valence-electron chi connectivity index (χ1n) is 23.6. The van der Waals surface area contributed by atoms with E-state index in [0.717, 1.165) is 83.5 Å². The Balaban J connectivity index is 0.000000174. The molecule has 0 amide bonds. The Morgan fingerprint density at radius 1 is 0.544 bits per heavy atom. The number of rotatable bonds is 8. The van der Waals surface area contributed by atoms with Gasteiger partial charge < -0.3 is 35.7 Å². The maximum atomic E-state index is 11.5. The number of carboxylic acids is 2. The van der Waals surface area contributed by atoms with Crippen LogP contribution in [0.3, 0.4) is 0 Å². The van der Waals surface area contributed by atoms with Gasteiger partial charge in [0.2, 0.25) is 0 Å². The van der Waals surface area contributed by atoms with Crippen LogP contribution in [0.15, 0.2) is 0 Å². The molecule has 0 aromatic rings. The predicted molar refractivity (Wildman–Crippen MR) is 219 cm³/mol. The molecule has 8 saturated carbocycles. The molecule has 0 bridgehead atoms. The SMILES string of the molecule is C[C@H](CCC(=O)O)[C@H]1CC[C@H]2[C@@H]3CC[C@@H]4C[C@H](O)CC[C@]4(C)[C@H]3C[C@H](O)[C@]12C.C[C@H](CCC(=O)O)[C@H]1CC[C@H]2[C@@H]3[C@H](O)C[C@@H]4C[C@H](O)CC[C@]4(C)[C@H]3C[C@H](O)[C@]12C. The summed E-state index contributed by atoms with van der Waals surface area (Å²) in [7, 11) is 0. The fraction of sp³-hybridized carbons (Fsp3) is 0.958. The quantitative estimate of drug-likeness (QED) is 0.129. The van der Waals surface area contributed by atoms with Crippen LogP contribution in [-0.4, -0.2) is 78.2 Å². The van der Waals surface area contributed by atoms with Gasteiger partial charge in [0.25, 0.3) is 0 Å². The molecule has 7 N–H and O–H groups in total. The molecular weight excluding hydrogens is 721 g/mol. The van der Waals surface area contributed by atoms with E-state index in [-0.39, 0.29) is 70.8 Å². The van der Waals surface area contributed by atoms with Gasteiger partial charge in [-0.2, -0.15) is 0 Å². The van der Waals surface area contributed by atoms with Gasteiger partial charge in [-0.1, -0.05) is 41.5 Å². The normalized spacial score (nSPS) is 52.3. The summed E-state index contributed by atoms with van der Waals surface area (Å²) in [5.74, 6) is 3.55.